The molecule has 0 saturated heterocycles. The molecular weight excluding hydrogens is 257 g/mol. The van der Waals surface area contributed by atoms with E-state index in [1.54, 1.807) is 0 Å². The fourth-order valence-electron chi connectivity index (χ4n) is 1.35. The van der Waals surface area contributed by atoms with Gasteiger partial charge in [-0.2, -0.15) is 13.2 Å². The Morgan fingerprint density at radius 1 is 1.47 bits per heavy atom. The Morgan fingerprint density at radius 3 is 2.76 bits per heavy atom. The van der Waals surface area contributed by atoms with Crippen LogP contribution in [0.4, 0.5) is 13.2 Å². The minimum atomic E-state index is -4.53. The number of hydrogen-bond donors (Lipinski definition) is 2. The van der Waals surface area contributed by atoms with Crippen molar-refractivity contribution in [3.63, 3.8) is 0 Å². The van der Waals surface area contributed by atoms with E-state index in [-0.39, 0.29) is 24.0 Å². The van der Waals surface area contributed by atoms with Crippen molar-refractivity contribution < 1.29 is 18.3 Å². The normalized spacial score (nSPS) is 19.9. The smallest absolute Gasteiger partial charge is 0.394 e. The molecule has 9 heteroatoms. The summed E-state index contributed by atoms with van der Waals surface area (Å²) in [6, 6.07) is 0. The van der Waals surface area contributed by atoms with Gasteiger partial charge in [0.1, 0.15) is 10.7 Å². The lowest BCUT2D eigenvalue weighted by Gasteiger charge is -2.25. The van der Waals surface area contributed by atoms with Crippen LogP contribution in [0.3, 0.4) is 0 Å². The Bertz CT molecular complexity index is 417. The fourth-order valence-corrected chi connectivity index (χ4v) is 1.60. The Morgan fingerprint density at radius 2 is 2.18 bits per heavy atom. The van der Waals surface area contributed by atoms with Crippen LogP contribution in [-0.4, -0.2) is 40.2 Å². The maximum absolute atomic E-state index is 12.5. The van der Waals surface area contributed by atoms with Crippen molar-refractivity contribution in [2.45, 2.75) is 6.18 Å². The number of allylic oxidation sites excluding steroid dienone is 1. The van der Waals surface area contributed by atoms with Crippen molar-refractivity contribution in [1.82, 2.24) is 15.6 Å². The standard InChI is InChI=1S/C8H8F3N4OS/c9-8(10,11)5-3-7(17)15-6(12-5)4-14(13-15)1-2-16/h3-4,13,16H,1-2H2. The van der Waals surface area contributed by atoms with Crippen molar-refractivity contribution in [1.29, 1.82) is 0 Å². The first-order valence-electron chi connectivity index (χ1n) is 4.62. The molecule has 0 aromatic heterocycles. The van der Waals surface area contributed by atoms with E-state index < -0.39 is 11.9 Å². The molecule has 0 unspecified atom stereocenters. The molecule has 2 rings (SSSR count). The minimum Gasteiger partial charge on any atom is -0.394 e. The average Bonchev–Trinajstić information content (AvgIpc) is 2.60. The zero-order valence-electron chi connectivity index (χ0n) is 8.40. The molecule has 0 aliphatic carbocycles. The fraction of sp³-hybridized carbons (Fsp3) is 0.375. The van der Waals surface area contributed by atoms with E-state index in [4.69, 9.17) is 17.7 Å². The number of rotatable bonds is 2. The molecule has 2 aliphatic heterocycles. The van der Waals surface area contributed by atoms with Gasteiger partial charge in [-0.3, -0.25) is 5.01 Å². The van der Waals surface area contributed by atoms with E-state index in [9.17, 15) is 13.2 Å². The van der Waals surface area contributed by atoms with E-state index in [1.807, 2.05) is 0 Å². The van der Waals surface area contributed by atoms with Crippen molar-refractivity contribution in [3.05, 3.63) is 23.1 Å². The molecule has 5 nitrogen and oxygen atoms in total. The quantitative estimate of drug-likeness (QED) is 0.778. The molecule has 2 N–H and O–H groups in total. The Hall–Kier alpha value is -1.32. The summed E-state index contributed by atoms with van der Waals surface area (Å²) in [5, 5.41) is 11.3. The highest BCUT2D eigenvalue weighted by atomic mass is 32.1. The van der Waals surface area contributed by atoms with E-state index >= 15 is 0 Å². The van der Waals surface area contributed by atoms with Gasteiger partial charge < -0.3 is 5.11 Å². The number of alkyl halides is 3. The molecule has 0 aromatic rings. The summed E-state index contributed by atoms with van der Waals surface area (Å²) in [6.45, 7) is 0.0798. The lowest BCUT2D eigenvalue weighted by Crippen LogP contribution is -2.41. The molecule has 1 radical (unpaired) electrons. The molecule has 0 atom stereocenters. The van der Waals surface area contributed by atoms with Gasteiger partial charge >= 0.3 is 6.18 Å². The Labute approximate surface area is 100 Å². The van der Waals surface area contributed by atoms with Gasteiger partial charge in [-0.1, -0.05) is 12.6 Å². The third-order valence-corrected chi connectivity index (χ3v) is 2.38. The topological polar surface area (TPSA) is 51.1 Å². The molecule has 2 heterocycles. The number of aliphatic hydroxyl groups excluding tert-OH is 1. The predicted molar refractivity (Wildman–Crippen MR) is 56.0 cm³/mol. The van der Waals surface area contributed by atoms with Crippen LogP contribution in [0.25, 0.3) is 0 Å². The zero-order valence-corrected chi connectivity index (χ0v) is 9.22. The number of β-amino-alcohol motifs (C(OH)–C–C–N with tert-alkyl or cyclic N) is 1. The van der Waals surface area contributed by atoms with Crippen LogP contribution >= 0.6 is 12.6 Å². The number of aliphatic imine (C=N–C) groups is 1. The van der Waals surface area contributed by atoms with Crippen LogP contribution in [0.1, 0.15) is 0 Å². The molecule has 2 aliphatic rings. The van der Waals surface area contributed by atoms with Crippen molar-refractivity contribution in [3.8, 4) is 0 Å². The molecule has 17 heavy (non-hydrogen) atoms. The number of aliphatic hydroxyl groups is 1. The first-order chi connectivity index (χ1) is 7.91. The molecule has 0 fully saturated rings. The number of fused-ring (bicyclic) bond motifs is 1. The SMILES string of the molecule is OCCN1C=C2N=C(C(F)(F)F)C=C([S])N2N1. The Kier molecular flexibility index (Phi) is 2.98. The second-order valence-electron chi connectivity index (χ2n) is 3.32. The number of nitrogens with one attached hydrogen (secondary N) is 1. The summed E-state index contributed by atoms with van der Waals surface area (Å²) >= 11 is 4.82. The summed E-state index contributed by atoms with van der Waals surface area (Å²) in [7, 11) is 0. The summed E-state index contributed by atoms with van der Waals surface area (Å²) in [5.41, 5.74) is 1.65. The van der Waals surface area contributed by atoms with E-state index in [1.165, 1.54) is 16.2 Å². The van der Waals surface area contributed by atoms with Gasteiger partial charge in [0.05, 0.1) is 19.4 Å². The van der Waals surface area contributed by atoms with Gasteiger partial charge in [0.15, 0.2) is 5.82 Å². The Balaban J connectivity index is 2.27. The molecule has 93 valence electrons. The second-order valence-corrected chi connectivity index (χ2v) is 3.74. The van der Waals surface area contributed by atoms with E-state index in [2.05, 4.69) is 10.5 Å². The molecule has 0 bridgehead atoms. The third kappa shape index (κ3) is 2.35. The molecular formula is C8H8F3N4OS. The zero-order chi connectivity index (χ0) is 12.6. The molecule has 0 spiro atoms. The largest absolute Gasteiger partial charge is 0.433 e. The van der Waals surface area contributed by atoms with Crippen LogP contribution in [0, 0.1) is 0 Å². The van der Waals surface area contributed by atoms with Crippen LogP contribution in [0.15, 0.2) is 28.1 Å². The van der Waals surface area contributed by atoms with Crippen LogP contribution in [-0.2, 0) is 0 Å². The highest BCUT2D eigenvalue weighted by molar-refractivity contribution is 7.84. The van der Waals surface area contributed by atoms with Crippen LogP contribution in [0.5, 0.6) is 0 Å². The molecule has 0 aromatic carbocycles. The van der Waals surface area contributed by atoms with Gasteiger partial charge in [0.2, 0.25) is 0 Å². The lowest BCUT2D eigenvalue weighted by atomic mass is 10.3. The van der Waals surface area contributed by atoms with Crippen molar-refractivity contribution in [2.75, 3.05) is 13.2 Å². The maximum Gasteiger partial charge on any atom is 0.433 e. The molecule has 0 saturated carbocycles. The number of hydrazine groups is 2. The minimum absolute atomic E-state index is 0.0287. The van der Waals surface area contributed by atoms with E-state index in [0.717, 1.165) is 6.08 Å². The summed E-state index contributed by atoms with van der Waals surface area (Å²) in [6.07, 6.45) is -2.40. The second kappa shape index (κ2) is 4.17. The monoisotopic (exact) mass is 265 g/mol. The predicted octanol–water partition coefficient (Wildman–Crippen LogP) is 0.871. The summed E-state index contributed by atoms with van der Waals surface area (Å²) in [5.74, 6) is 0.0540. The van der Waals surface area contributed by atoms with Crippen LogP contribution < -0.4 is 5.53 Å². The van der Waals surface area contributed by atoms with Crippen molar-refractivity contribution in [2.24, 2.45) is 4.99 Å². The van der Waals surface area contributed by atoms with Crippen molar-refractivity contribution >= 4 is 18.3 Å². The molecule has 0 amide bonds. The maximum atomic E-state index is 12.5. The average molecular weight is 265 g/mol. The highest BCUT2D eigenvalue weighted by Gasteiger charge is 2.39. The number of halogens is 3. The van der Waals surface area contributed by atoms with Crippen LogP contribution in [0.2, 0.25) is 0 Å². The number of hydrogen-bond acceptors (Lipinski definition) is 5. The first-order valence-corrected chi connectivity index (χ1v) is 5.03. The number of nitrogens with zero attached hydrogens (tertiary/aromatic N) is 3. The summed E-state index contributed by atoms with van der Waals surface area (Å²) in [4.78, 5) is 3.45. The van der Waals surface area contributed by atoms with Gasteiger partial charge in [-0.25, -0.2) is 10.0 Å². The van der Waals surface area contributed by atoms with E-state index in [0.29, 0.717) is 0 Å². The third-order valence-electron chi connectivity index (χ3n) is 2.08. The summed E-state index contributed by atoms with van der Waals surface area (Å²) < 4.78 is 37.4. The van der Waals surface area contributed by atoms with Gasteiger partial charge in [0, 0.05) is 6.08 Å². The van der Waals surface area contributed by atoms with Gasteiger partial charge in [-0.15, -0.1) is 5.53 Å². The lowest BCUT2D eigenvalue weighted by molar-refractivity contribution is -0.0581. The highest BCUT2D eigenvalue weighted by Crippen LogP contribution is 2.29. The van der Waals surface area contributed by atoms with Gasteiger partial charge in [-0.05, 0) is 0 Å². The first kappa shape index (κ1) is 12.1. The van der Waals surface area contributed by atoms with Gasteiger partial charge in [0.25, 0.3) is 0 Å².